The van der Waals surface area contributed by atoms with Gasteiger partial charge in [-0.1, -0.05) is 12.1 Å². The summed E-state index contributed by atoms with van der Waals surface area (Å²) >= 11 is 5.98. The molecule has 0 radical (unpaired) electrons. The fraction of sp³-hybridized carbons (Fsp3) is 0.385. The van der Waals surface area contributed by atoms with Crippen LogP contribution in [0.1, 0.15) is 12.8 Å². The summed E-state index contributed by atoms with van der Waals surface area (Å²) in [5.74, 6) is 0.835. The van der Waals surface area contributed by atoms with E-state index in [9.17, 15) is 5.11 Å². The molecule has 1 aromatic heterocycles. The molecule has 1 aliphatic rings. The zero-order valence-electron chi connectivity index (χ0n) is 9.88. The van der Waals surface area contributed by atoms with E-state index < -0.39 is 0 Å². The molecule has 2 aromatic rings. The van der Waals surface area contributed by atoms with Crippen LogP contribution in [0.15, 0.2) is 24.3 Å². The van der Waals surface area contributed by atoms with Gasteiger partial charge in [-0.25, -0.2) is 4.98 Å². The smallest absolute Gasteiger partial charge is 0.224 e. The largest absolute Gasteiger partial charge is 0.394 e. The van der Waals surface area contributed by atoms with E-state index in [2.05, 4.69) is 14.9 Å². The van der Waals surface area contributed by atoms with Crippen LogP contribution in [-0.2, 0) is 0 Å². The summed E-state index contributed by atoms with van der Waals surface area (Å²) < 4.78 is 0. The molecule has 1 fully saturated rings. The van der Waals surface area contributed by atoms with Crippen molar-refractivity contribution in [2.45, 2.75) is 18.9 Å². The number of benzene rings is 1. The number of rotatable bonds is 2. The van der Waals surface area contributed by atoms with Gasteiger partial charge in [-0.15, -0.1) is 0 Å². The van der Waals surface area contributed by atoms with E-state index in [-0.39, 0.29) is 17.9 Å². The lowest BCUT2D eigenvalue weighted by Crippen LogP contribution is -2.33. The fourth-order valence-corrected chi connectivity index (χ4v) is 2.73. The maximum atomic E-state index is 9.42. The topological polar surface area (TPSA) is 49.2 Å². The summed E-state index contributed by atoms with van der Waals surface area (Å²) in [6.07, 6.45) is 2.06. The molecular formula is C13H14ClN3O. The molecule has 1 unspecified atom stereocenters. The minimum atomic E-state index is 0.138. The van der Waals surface area contributed by atoms with E-state index in [4.69, 9.17) is 11.6 Å². The van der Waals surface area contributed by atoms with Gasteiger partial charge in [0.05, 0.1) is 18.2 Å². The Morgan fingerprint density at radius 2 is 2.17 bits per heavy atom. The Hall–Kier alpha value is -1.39. The van der Waals surface area contributed by atoms with E-state index in [1.807, 2.05) is 24.3 Å². The second-order valence-electron chi connectivity index (χ2n) is 4.51. The van der Waals surface area contributed by atoms with Crippen molar-refractivity contribution in [3.63, 3.8) is 0 Å². The molecule has 0 saturated carbocycles. The average molecular weight is 264 g/mol. The number of halogens is 1. The SMILES string of the molecule is OCC1CCCN1c1nc(Cl)nc2ccccc12. The molecule has 0 amide bonds. The van der Waals surface area contributed by atoms with Gasteiger partial charge in [0.2, 0.25) is 5.28 Å². The van der Waals surface area contributed by atoms with Crippen molar-refractivity contribution < 1.29 is 5.11 Å². The lowest BCUT2D eigenvalue weighted by Gasteiger charge is -2.25. The second-order valence-corrected chi connectivity index (χ2v) is 4.84. The number of para-hydroxylation sites is 1. The first-order chi connectivity index (χ1) is 8.79. The molecule has 4 nitrogen and oxygen atoms in total. The summed E-state index contributed by atoms with van der Waals surface area (Å²) in [4.78, 5) is 10.7. The van der Waals surface area contributed by atoms with Crippen LogP contribution in [-0.4, -0.2) is 34.3 Å². The van der Waals surface area contributed by atoms with Gasteiger partial charge >= 0.3 is 0 Å². The highest BCUT2D eigenvalue weighted by Gasteiger charge is 2.26. The van der Waals surface area contributed by atoms with Crippen molar-refractivity contribution in [2.24, 2.45) is 0 Å². The van der Waals surface area contributed by atoms with Crippen molar-refractivity contribution in [2.75, 3.05) is 18.1 Å². The van der Waals surface area contributed by atoms with Gasteiger partial charge in [0.15, 0.2) is 0 Å². The van der Waals surface area contributed by atoms with E-state index in [0.29, 0.717) is 0 Å². The Bertz CT molecular complexity index is 575. The Morgan fingerprint density at radius 1 is 1.33 bits per heavy atom. The summed E-state index contributed by atoms with van der Waals surface area (Å²) in [7, 11) is 0. The first-order valence-corrected chi connectivity index (χ1v) is 6.47. The van der Waals surface area contributed by atoms with Crippen LogP contribution >= 0.6 is 11.6 Å². The zero-order chi connectivity index (χ0) is 12.5. The van der Waals surface area contributed by atoms with Crippen LogP contribution < -0.4 is 4.90 Å². The van der Waals surface area contributed by atoms with Gasteiger partial charge in [0.1, 0.15) is 5.82 Å². The molecule has 0 aliphatic carbocycles. The number of aromatic nitrogens is 2. The normalized spacial score (nSPS) is 19.7. The summed E-state index contributed by atoms with van der Waals surface area (Å²) in [5, 5.41) is 10.7. The molecule has 94 valence electrons. The summed E-state index contributed by atoms with van der Waals surface area (Å²) in [5.41, 5.74) is 0.844. The molecule has 18 heavy (non-hydrogen) atoms. The van der Waals surface area contributed by atoms with E-state index in [0.717, 1.165) is 36.1 Å². The van der Waals surface area contributed by atoms with E-state index >= 15 is 0 Å². The second kappa shape index (κ2) is 4.71. The van der Waals surface area contributed by atoms with Crippen LogP contribution in [0.2, 0.25) is 5.28 Å². The molecular weight excluding hydrogens is 250 g/mol. The first-order valence-electron chi connectivity index (χ1n) is 6.09. The van der Waals surface area contributed by atoms with Crippen molar-refractivity contribution >= 4 is 28.3 Å². The standard InChI is InChI=1S/C13H14ClN3O/c14-13-15-11-6-2-1-5-10(11)12(16-13)17-7-3-4-9(17)8-18/h1-2,5-6,9,18H,3-4,7-8H2. The number of fused-ring (bicyclic) bond motifs is 1. The van der Waals surface area contributed by atoms with Crippen LogP contribution in [0.25, 0.3) is 10.9 Å². The molecule has 5 heteroatoms. The Labute approximate surface area is 110 Å². The molecule has 1 aliphatic heterocycles. The fourth-order valence-electron chi connectivity index (χ4n) is 2.56. The molecule has 2 heterocycles. The predicted molar refractivity (Wildman–Crippen MR) is 72.0 cm³/mol. The highest BCUT2D eigenvalue weighted by Crippen LogP contribution is 2.30. The van der Waals surface area contributed by atoms with E-state index in [1.165, 1.54) is 0 Å². The third-order valence-electron chi connectivity index (χ3n) is 3.42. The predicted octanol–water partition coefficient (Wildman–Crippen LogP) is 2.24. The van der Waals surface area contributed by atoms with Gasteiger partial charge in [-0.3, -0.25) is 0 Å². The van der Waals surface area contributed by atoms with Gasteiger partial charge in [0, 0.05) is 11.9 Å². The number of aliphatic hydroxyl groups excluding tert-OH is 1. The van der Waals surface area contributed by atoms with Gasteiger partial charge in [0.25, 0.3) is 0 Å². The third-order valence-corrected chi connectivity index (χ3v) is 3.58. The van der Waals surface area contributed by atoms with Gasteiger partial charge in [-0.05, 0) is 36.6 Å². The van der Waals surface area contributed by atoms with Gasteiger partial charge in [-0.2, -0.15) is 4.98 Å². The molecule has 1 saturated heterocycles. The number of aliphatic hydroxyl groups is 1. The average Bonchev–Trinajstić information content (AvgIpc) is 2.85. The summed E-state index contributed by atoms with van der Waals surface area (Å²) in [6.45, 7) is 1.05. The first kappa shape index (κ1) is 11.7. The quantitative estimate of drug-likeness (QED) is 0.845. The maximum absolute atomic E-state index is 9.42. The highest BCUT2D eigenvalue weighted by molar-refractivity contribution is 6.28. The molecule has 1 aromatic carbocycles. The third kappa shape index (κ3) is 1.91. The summed E-state index contributed by atoms with van der Waals surface area (Å²) in [6, 6.07) is 7.96. The van der Waals surface area contributed by atoms with Crippen molar-refractivity contribution in [3.05, 3.63) is 29.5 Å². The molecule has 0 spiro atoms. The van der Waals surface area contributed by atoms with Crippen LogP contribution in [0, 0.1) is 0 Å². The number of nitrogens with zero attached hydrogens (tertiary/aromatic N) is 3. The van der Waals surface area contributed by atoms with E-state index in [1.54, 1.807) is 0 Å². The number of anilines is 1. The van der Waals surface area contributed by atoms with Crippen molar-refractivity contribution in [1.82, 2.24) is 9.97 Å². The van der Waals surface area contributed by atoms with Crippen molar-refractivity contribution in [1.29, 1.82) is 0 Å². The lowest BCUT2D eigenvalue weighted by molar-refractivity contribution is 0.266. The Kier molecular flexibility index (Phi) is 3.06. The monoisotopic (exact) mass is 263 g/mol. The van der Waals surface area contributed by atoms with Crippen LogP contribution in [0.4, 0.5) is 5.82 Å². The molecule has 3 rings (SSSR count). The zero-order valence-corrected chi connectivity index (χ0v) is 10.6. The molecule has 0 bridgehead atoms. The van der Waals surface area contributed by atoms with Gasteiger partial charge < -0.3 is 10.0 Å². The minimum Gasteiger partial charge on any atom is -0.394 e. The Balaban J connectivity index is 2.15. The van der Waals surface area contributed by atoms with Crippen LogP contribution in [0.3, 0.4) is 0 Å². The molecule has 1 atom stereocenters. The lowest BCUT2D eigenvalue weighted by atomic mass is 10.2. The van der Waals surface area contributed by atoms with Crippen LogP contribution in [0.5, 0.6) is 0 Å². The number of hydrogen-bond donors (Lipinski definition) is 1. The number of hydrogen-bond acceptors (Lipinski definition) is 4. The Morgan fingerprint density at radius 3 is 3.00 bits per heavy atom. The highest BCUT2D eigenvalue weighted by atomic mass is 35.5. The van der Waals surface area contributed by atoms with Crippen molar-refractivity contribution in [3.8, 4) is 0 Å². The molecule has 1 N–H and O–H groups in total. The minimum absolute atomic E-state index is 0.138. The maximum Gasteiger partial charge on any atom is 0.224 e.